The van der Waals surface area contributed by atoms with E-state index in [1.165, 1.54) is 5.69 Å². The average molecular weight is 504 g/mol. The van der Waals surface area contributed by atoms with Crippen LogP contribution in [0.5, 0.6) is 11.5 Å². The number of fused-ring (bicyclic) bond motifs is 1. The molecule has 0 radical (unpaired) electrons. The SMILES string of the molecule is COc1ccccc1-c1ccc2c(c1)SCC(=O)N2CCCN1CCN(c2ccccc2OC)CC1. The zero-order valence-corrected chi connectivity index (χ0v) is 21.8. The van der Waals surface area contributed by atoms with Crippen LogP contribution in [0, 0.1) is 0 Å². The molecule has 0 bridgehead atoms. The molecule has 0 aromatic heterocycles. The lowest BCUT2D eigenvalue weighted by molar-refractivity contribution is -0.116. The zero-order valence-electron chi connectivity index (χ0n) is 21.0. The molecular weight excluding hydrogens is 470 g/mol. The molecule has 0 atom stereocenters. The van der Waals surface area contributed by atoms with Gasteiger partial charge in [-0.05, 0) is 48.9 Å². The van der Waals surface area contributed by atoms with Crippen molar-refractivity contribution in [2.24, 2.45) is 0 Å². The van der Waals surface area contributed by atoms with Gasteiger partial charge in [-0.15, -0.1) is 11.8 Å². The number of carbonyl (C=O) groups excluding carboxylic acids is 1. The number of anilines is 2. The van der Waals surface area contributed by atoms with Gasteiger partial charge in [0.2, 0.25) is 5.91 Å². The van der Waals surface area contributed by atoms with Crippen LogP contribution in [0.4, 0.5) is 11.4 Å². The third kappa shape index (κ3) is 5.18. The van der Waals surface area contributed by atoms with E-state index < -0.39 is 0 Å². The number of methoxy groups -OCH3 is 2. The molecule has 0 aliphatic carbocycles. The molecule has 0 spiro atoms. The van der Waals surface area contributed by atoms with Gasteiger partial charge in [-0.25, -0.2) is 0 Å². The van der Waals surface area contributed by atoms with Gasteiger partial charge in [0.25, 0.3) is 0 Å². The van der Waals surface area contributed by atoms with Gasteiger partial charge in [0.15, 0.2) is 0 Å². The first-order chi connectivity index (χ1) is 17.7. The first-order valence-corrected chi connectivity index (χ1v) is 13.5. The Labute approximate surface area is 217 Å². The highest BCUT2D eigenvalue weighted by Crippen LogP contribution is 2.40. The van der Waals surface area contributed by atoms with E-state index in [2.05, 4.69) is 46.2 Å². The second-order valence-electron chi connectivity index (χ2n) is 9.07. The lowest BCUT2D eigenvalue weighted by atomic mass is 10.0. The summed E-state index contributed by atoms with van der Waals surface area (Å²) in [5, 5.41) is 0. The lowest BCUT2D eigenvalue weighted by Gasteiger charge is -2.37. The van der Waals surface area contributed by atoms with Gasteiger partial charge in [-0.3, -0.25) is 9.69 Å². The number of thioether (sulfide) groups is 1. The minimum absolute atomic E-state index is 0.193. The monoisotopic (exact) mass is 503 g/mol. The maximum absolute atomic E-state index is 12.8. The molecule has 3 aromatic rings. The second-order valence-corrected chi connectivity index (χ2v) is 10.1. The minimum atomic E-state index is 0.193. The first-order valence-electron chi connectivity index (χ1n) is 12.5. The van der Waals surface area contributed by atoms with Crippen molar-refractivity contribution in [2.75, 3.05) is 69.0 Å². The highest BCUT2D eigenvalue weighted by Gasteiger charge is 2.26. The summed E-state index contributed by atoms with van der Waals surface area (Å²) in [5.74, 6) is 2.47. The Balaban J connectivity index is 1.19. The van der Waals surface area contributed by atoms with Crippen molar-refractivity contribution in [2.45, 2.75) is 11.3 Å². The Morgan fingerprint density at radius 3 is 2.31 bits per heavy atom. The Hall–Kier alpha value is -3.16. The molecule has 2 aliphatic rings. The van der Waals surface area contributed by atoms with E-state index >= 15 is 0 Å². The van der Waals surface area contributed by atoms with Gasteiger partial charge in [-0.1, -0.05) is 36.4 Å². The van der Waals surface area contributed by atoms with Crippen LogP contribution in [0.25, 0.3) is 11.1 Å². The summed E-state index contributed by atoms with van der Waals surface area (Å²) in [5.41, 5.74) is 4.37. The maximum atomic E-state index is 12.8. The molecule has 0 unspecified atom stereocenters. The highest BCUT2D eigenvalue weighted by molar-refractivity contribution is 8.00. The van der Waals surface area contributed by atoms with Crippen molar-refractivity contribution >= 4 is 29.0 Å². The third-order valence-corrected chi connectivity index (χ3v) is 8.00. The molecule has 5 rings (SSSR count). The van der Waals surface area contributed by atoms with Crippen molar-refractivity contribution in [3.8, 4) is 22.6 Å². The summed E-state index contributed by atoms with van der Waals surface area (Å²) < 4.78 is 11.1. The van der Waals surface area contributed by atoms with Gasteiger partial charge in [0.05, 0.1) is 31.3 Å². The molecule has 0 N–H and O–H groups in total. The summed E-state index contributed by atoms with van der Waals surface area (Å²) in [4.78, 5) is 20.8. The van der Waals surface area contributed by atoms with E-state index in [-0.39, 0.29) is 5.91 Å². The highest BCUT2D eigenvalue weighted by atomic mass is 32.2. The van der Waals surface area contributed by atoms with Crippen LogP contribution in [0.1, 0.15) is 6.42 Å². The van der Waals surface area contributed by atoms with Crippen LogP contribution in [0.2, 0.25) is 0 Å². The van der Waals surface area contributed by atoms with Gasteiger partial charge in [0, 0.05) is 43.2 Å². The van der Waals surface area contributed by atoms with Crippen molar-refractivity contribution in [3.63, 3.8) is 0 Å². The molecule has 188 valence electrons. The van der Waals surface area contributed by atoms with Crippen LogP contribution in [-0.4, -0.2) is 70.0 Å². The fourth-order valence-corrected chi connectivity index (χ4v) is 6.03. The number of carbonyl (C=O) groups is 1. The summed E-state index contributed by atoms with van der Waals surface area (Å²) >= 11 is 1.63. The first kappa shape index (κ1) is 24.5. The molecule has 3 aromatic carbocycles. The smallest absolute Gasteiger partial charge is 0.237 e. The number of hydrogen-bond donors (Lipinski definition) is 0. The van der Waals surface area contributed by atoms with Crippen LogP contribution in [0.3, 0.4) is 0 Å². The zero-order chi connectivity index (χ0) is 24.9. The number of para-hydroxylation sites is 3. The Morgan fingerprint density at radius 2 is 1.53 bits per heavy atom. The van der Waals surface area contributed by atoms with Gasteiger partial charge < -0.3 is 19.3 Å². The average Bonchev–Trinajstić information content (AvgIpc) is 2.94. The normalized spacial score (nSPS) is 16.1. The van der Waals surface area contributed by atoms with E-state index in [0.717, 1.165) is 78.9 Å². The largest absolute Gasteiger partial charge is 0.496 e. The fraction of sp³-hybridized carbons (Fsp3) is 0.345. The summed E-state index contributed by atoms with van der Waals surface area (Å²) in [6, 6.07) is 22.7. The van der Waals surface area contributed by atoms with Gasteiger partial charge in [-0.2, -0.15) is 0 Å². The van der Waals surface area contributed by atoms with Crippen molar-refractivity contribution in [3.05, 3.63) is 66.7 Å². The van der Waals surface area contributed by atoms with Crippen molar-refractivity contribution < 1.29 is 14.3 Å². The van der Waals surface area contributed by atoms with Crippen LogP contribution < -0.4 is 19.3 Å². The molecular formula is C29H33N3O3S. The molecule has 1 amide bonds. The number of amides is 1. The maximum Gasteiger partial charge on any atom is 0.237 e. The number of nitrogens with zero attached hydrogens (tertiary/aromatic N) is 3. The summed E-state index contributed by atoms with van der Waals surface area (Å²) in [6.07, 6.45) is 0.957. The van der Waals surface area contributed by atoms with E-state index in [1.807, 2.05) is 35.2 Å². The van der Waals surface area contributed by atoms with Gasteiger partial charge in [0.1, 0.15) is 11.5 Å². The van der Waals surface area contributed by atoms with Crippen LogP contribution >= 0.6 is 11.8 Å². The predicted octanol–water partition coefficient (Wildman–Crippen LogP) is 5.02. The fourth-order valence-electron chi connectivity index (χ4n) is 5.06. The molecule has 2 heterocycles. The number of ether oxygens (including phenoxy) is 2. The van der Waals surface area contributed by atoms with E-state index in [4.69, 9.17) is 9.47 Å². The molecule has 36 heavy (non-hydrogen) atoms. The van der Waals surface area contributed by atoms with Crippen molar-refractivity contribution in [1.82, 2.24) is 4.90 Å². The van der Waals surface area contributed by atoms with Crippen LogP contribution in [0.15, 0.2) is 71.6 Å². The van der Waals surface area contributed by atoms with E-state index in [1.54, 1.807) is 26.0 Å². The predicted molar refractivity (Wildman–Crippen MR) is 148 cm³/mol. The number of piperazine rings is 1. The quantitative estimate of drug-likeness (QED) is 0.430. The van der Waals surface area contributed by atoms with E-state index in [0.29, 0.717) is 5.75 Å². The molecule has 7 heteroatoms. The lowest BCUT2D eigenvalue weighted by Crippen LogP contribution is -2.47. The van der Waals surface area contributed by atoms with Crippen molar-refractivity contribution in [1.29, 1.82) is 0 Å². The standard InChI is InChI=1S/C29H33N3O3S/c1-34-26-10-5-3-8-23(26)22-12-13-25-28(20-22)36-21-29(33)32(25)15-7-14-30-16-18-31(19-17-30)24-9-4-6-11-27(24)35-2/h3-6,8-13,20H,7,14-19,21H2,1-2H3. The topological polar surface area (TPSA) is 45.2 Å². The Morgan fingerprint density at radius 1 is 0.806 bits per heavy atom. The molecule has 6 nitrogen and oxygen atoms in total. The number of hydrogen-bond acceptors (Lipinski definition) is 6. The molecule has 0 saturated carbocycles. The van der Waals surface area contributed by atoms with Crippen LogP contribution in [-0.2, 0) is 4.79 Å². The Kier molecular flexibility index (Phi) is 7.68. The number of rotatable bonds is 8. The van der Waals surface area contributed by atoms with Gasteiger partial charge >= 0.3 is 0 Å². The molecule has 2 aliphatic heterocycles. The second kappa shape index (κ2) is 11.3. The number of benzene rings is 3. The Bertz CT molecular complexity index is 1210. The summed E-state index contributed by atoms with van der Waals surface area (Å²) in [6.45, 7) is 5.72. The third-order valence-electron chi connectivity index (χ3n) is 6.97. The minimum Gasteiger partial charge on any atom is -0.496 e. The van der Waals surface area contributed by atoms with E-state index in [9.17, 15) is 4.79 Å². The summed E-state index contributed by atoms with van der Waals surface area (Å²) in [7, 11) is 3.43. The molecule has 1 fully saturated rings. The molecule has 1 saturated heterocycles.